The summed E-state index contributed by atoms with van der Waals surface area (Å²) in [5.41, 5.74) is 1.82. The SMILES string of the molecule is CN(C)[C@H]1CCCN(C(=O)c2ccc(Cn3cnnn3)cc2)CC1. The van der Waals surface area contributed by atoms with Gasteiger partial charge in [-0.25, -0.2) is 4.68 Å². The van der Waals surface area contributed by atoms with Gasteiger partial charge in [-0.3, -0.25) is 4.79 Å². The topological polar surface area (TPSA) is 67.2 Å². The molecule has 128 valence electrons. The van der Waals surface area contributed by atoms with Gasteiger partial charge in [-0.05, 0) is 61.5 Å². The molecule has 0 N–H and O–H groups in total. The van der Waals surface area contributed by atoms with Gasteiger partial charge in [-0.1, -0.05) is 12.1 Å². The maximum atomic E-state index is 12.7. The summed E-state index contributed by atoms with van der Waals surface area (Å²) in [6.45, 7) is 2.28. The van der Waals surface area contributed by atoms with Crippen LogP contribution in [0.4, 0.5) is 0 Å². The van der Waals surface area contributed by atoms with Gasteiger partial charge in [0.05, 0.1) is 6.54 Å². The third-order valence-electron chi connectivity index (χ3n) is 4.65. The smallest absolute Gasteiger partial charge is 0.253 e. The van der Waals surface area contributed by atoms with Crippen LogP contribution in [0.5, 0.6) is 0 Å². The molecule has 1 saturated heterocycles. The lowest BCUT2D eigenvalue weighted by molar-refractivity contribution is 0.0758. The molecule has 1 fully saturated rings. The summed E-state index contributed by atoms with van der Waals surface area (Å²) in [5.74, 6) is 0.128. The quantitative estimate of drug-likeness (QED) is 0.846. The fraction of sp³-hybridized carbons (Fsp3) is 0.529. The molecule has 0 radical (unpaired) electrons. The van der Waals surface area contributed by atoms with Crippen LogP contribution in [0.25, 0.3) is 0 Å². The molecule has 1 atom stereocenters. The van der Waals surface area contributed by atoms with Crippen molar-refractivity contribution in [3.05, 3.63) is 41.7 Å². The molecule has 3 rings (SSSR count). The Morgan fingerprint density at radius 2 is 2.00 bits per heavy atom. The Labute approximate surface area is 142 Å². The van der Waals surface area contributed by atoms with Gasteiger partial charge >= 0.3 is 0 Å². The molecule has 0 spiro atoms. The van der Waals surface area contributed by atoms with E-state index in [1.54, 1.807) is 11.0 Å². The van der Waals surface area contributed by atoms with E-state index in [1.165, 1.54) is 0 Å². The lowest BCUT2D eigenvalue weighted by Crippen LogP contribution is -2.33. The molecule has 0 aliphatic carbocycles. The van der Waals surface area contributed by atoms with E-state index >= 15 is 0 Å². The van der Waals surface area contributed by atoms with E-state index in [2.05, 4.69) is 34.5 Å². The van der Waals surface area contributed by atoms with E-state index in [0.29, 0.717) is 12.6 Å². The number of tetrazole rings is 1. The zero-order valence-corrected chi connectivity index (χ0v) is 14.3. The normalized spacial score (nSPS) is 18.6. The molecule has 24 heavy (non-hydrogen) atoms. The molecule has 7 nitrogen and oxygen atoms in total. The van der Waals surface area contributed by atoms with Gasteiger partial charge < -0.3 is 9.80 Å². The molecule has 1 aliphatic heterocycles. The summed E-state index contributed by atoms with van der Waals surface area (Å²) in [6, 6.07) is 8.30. The maximum Gasteiger partial charge on any atom is 0.253 e. The Balaban J connectivity index is 1.62. The fourth-order valence-corrected chi connectivity index (χ4v) is 3.17. The molecule has 1 aromatic heterocycles. The number of aromatic nitrogens is 4. The highest BCUT2D eigenvalue weighted by atomic mass is 16.2. The van der Waals surface area contributed by atoms with Crippen molar-refractivity contribution in [2.24, 2.45) is 0 Å². The van der Waals surface area contributed by atoms with E-state index in [0.717, 1.165) is 43.5 Å². The van der Waals surface area contributed by atoms with Crippen LogP contribution in [-0.4, -0.2) is 69.1 Å². The summed E-state index contributed by atoms with van der Waals surface area (Å²) in [5, 5.41) is 11.1. The molecule has 0 unspecified atom stereocenters. The predicted molar refractivity (Wildman–Crippen MR) is 90.6 cm³/mol. The summed E-state index contributed by atoms with van der Waals surface area (Å²) >= 11 is 0. The molecular weight excluding hydrogens is 304 g/mol. The van der Waals surface area contributed by atoms with Crippen molar-refractivity contribution >= 4 is 5.91 Å². The first kappa shape index (κ1) is 16.6. The Morgan fingerprint density at radius 3 is 2.67 bits per heavy atom. The van der Waals surface area contributed by atoms with Gasteiger partial charge in [0, 0.05) is 24.7 Å². The predicted octanol–water partition coefficient (Wildman–Crippen LogP) is 1.28. The van der Waals surface area contributed by atoms with E-state index in [1.807, 2.05) is 29.2 Å². The highest BCUT2D eigenvalue weighted by Crippen LogP contribution is 2.17. The minimum absolute atomic E-state index is 0.128. The molecule has 0 bridgehead atoms. The number of carbonyl (C=O) groups is 1. The highest BCUT2D eigenvalue weighted by molar-refractivity contribution is 5.94. The van der Waals surface area contributed by atoms with Crippen LogP contribution in [-0.2, 0) is 6.54 Å². The van der Waals surface area contributed by atoms with Crippen LogP contribution >= 0.6 is 0 Å². The van der Waals surface area contributed by atoms with Crippen LogP contribution in [0.2, 0.25) is 0 Å². The van der Waals surface area contributed by atoms with Crippen molar-refractivity contribution in [1.82, 2.24) is 30.0 Å². The van der Waals surface area contributed by atoms with Gasteiger partial charge in [-0.2, -0.15) is 0 Å². The molecule has 1 amide bonds. The van der Waals surface area contributed by atoms with Gasteiger partial charge in [0.15, 0.2) is 0 Å². The summed E-state index contributed by atoms with van der Waals surface area (Å²) in [6.07, 6.45) is 4.83. The van der Waals surface area contributed by atoms with Gasteiger partial charge in [0.25, 0.3) is 5.91 Å². The van der Waals surface area contributed by atoms with Crippen molar-refractivity contribution in [1.29, 1.82) is 0 Å². The van der Waals surface area contributed by atoms with Crippen LogP contribution in [0, 0.1) is 0 Å². The van der Waals surface area contributed by atoms with E-state index in [9.17, 15) is 4.79 Å². The average molecular weight is 328 g/mol. The lowest BCUT2D eigenvalue weighted by Gasteiger charge is -2.23. The van der Waals surface area contributed by atoms with Crippen molar-refractivity contribution in [3.8, 4) is 0 Å². The Hall–Kier alpha value is -2.28. The minimum Gasteiger partial charge on any atom is -0.339 e. The second-order valence-corrected chi connectivity index (χ2v) is 6.54. The fourth-order valence-electron chi connectivity index (χ4n) is 3.17. The molecule has 0 saturated carbocycles. The monoisotopic (exact) mass is 328 g/mol. The summed E-state index contributed by atoms with van der Waals surface area (Å²) in [7, 11) is 4.23. The molecular formula is C17H24N6O. The largest absolute Gasteiger partial charge is 0.339 e. The van der Waals surface area contributed by atoms with E-state index < -0.39 is 0 Å². The summed E-state index contributed by atoms with van der Waals surface area (Å²) in [4.78, 5) is 17.0. The number of carbonyl (C=O) groups excluding carboxylic acids is 1. The van der Waals surface area contributed by atoms with Crippen molar-refractivity contribution in [2.75, 3.05) is 27.2 Å². The molecule has 1 aromatic carbocycles. The Morgan fingerprint density at radius 1 is 1.21 bits per heavy atom. The number of likely N-dealkylation sites (tertiary alicyclic amines) is 1. The van der Waals surface area contributed by atoms with Crippen LogP contribution < -0.4 is 0 Å². The number of benzene rings is 1. The third-order valence-corrected chi connectivity index (χ3v) is 4.65. The Kier molecular flexibility index (Phi) is 5.20. The highest BCUT2D eigenvalue weighted by Gasteiger charge is 2.22. The number of amides is 1. The maximum absolute atomic E-state index is 12.7. The number of rotatable bonds is 4. The van der Waals surface area contributed by atoms with E-state index in [-0.39, 0.29) is 5.91 Å². The van der Waals surface area contributed by atoms with E-state index in [4.69, 9.17) is 0 Å². The molecule has 2 heterocycles. The van der Waals surface area contributed by atoms with Crippen LogP contribution in [0.3, 0.4) is 0 Å². The average Bonchev–Trinajstić information content (AvgIpc) is 2.96. The molecule has 2 aromatic rings. The van der Waals surface area contributed by atoms with Gasteiger partial charge in [0.2, 0.25) is 0 Å². The molecule has 1 aliphatic rings. The number of hydrogen-bond acceptors (Lipinski definition) is 5. The molecule has 7 heteroatoms. The first-order chi connectivity index (χ1) is 11.6. The Bertz CT molecular complexity index is 652. The third kappa shape index (κ3) is 3.97. The number of hydrogen-bond donors (Lipinski definition) is 0. The van der Waals surface area contributed by atoms with Crippen molar-refractivity contribution < 1.29 is 4.79 Å². The first-order valence-electron chi connectivity index (χ1n) is 8.39. The second-order valence-electron chi connectivity index (χ2n) is 6.54. The standard InChI is InChI=1S/C17H24N6O/c1-21(2)16-4-3-10-22(11-9-16)17(24)15-7-5-14(6-8-15)12-23-13-18-19-20-23/h5-8,13,16H,3-4,9-12H2,1-2H3/t16-/m0/s1. The summed E-state index contributed by atoms with van der Waals surface area (Å²) < 4.78 is 1.66. The van der Waals surface area contributed by atoms with Gasteiger partial charge in [-0.15, -0.1) is 5.10 Å². The first-order valence-corrected chi connectivity index (χ1v) is 8.39. The second kappa shape index (κ2) is 7.53. The zero-order valence-electron chi connectivity index (χ0n) is 14.3. The van der Waals surface area contributed by atoms with Crippen LogP contribution in [0.1, 0.15) is 35.2 Å². The van der Waals surface area contributed by atoms with Crippen molar-refractivity contribution in [3.63, 3.8) is 0 Å². The lowest BCUT2D eigenvalue weighted by atomic mass is 10.1. The van der Waals surface area contributed by atoms with Gasteiger partial charge in [0.1, 0.15) is 6.33 Å². The van der Waals surface area contributed by atoms with Crippen molar-refractivity contribution in [2.45, 2.75) is 31.8 Å². The number of nitrogens with zero attached hydrogens (tertiary/aromatic N) is 6. The van der Waals surface area contributed by atoms with Crippen LogP contribution in [0.15, 0.2) is 30.6 Å². The zero-order chi connectivity index (χ0) is 16.9. The minimum atomic E-state index is 0.128.